The molecule has 74 valence electrons. The number of amides is 1. The van der Waals surface area contributed by atoms with Crippen LogP contribution in [0.25, 0.3) is 0 Å². The van der Waals surface area contributed by atoms with Gasteiger partial charge in [-0.2, -0.15) is 0 Å². The lowest BCUT2D eigenvalue weighted by Gasteiger charge is -2.22. The summed E-state index contributed by atoms with van der Waals surface area (Å²) < 4.78 is 5.16. The Hall–Kier alpha value is -0.680. The molecule has 1 aliphatic heterocycles. The van der Waals surface area contributed by atoms with Crippen molar-refractivity contribution in [3.63, 3.8) is 0 Å². The molecule has 0 aromatic rings. The van der Waals surface area contributed by atoms with Crippen molar-refractivity contribution < 1.29 is 9.53 Å². The fourth-order valence-electron chi connectivity index (χ4n) is 1.28. The van der Waals surface area contributed by atoms with Gasteiger partial charge in [-0.25, -0.2) is 0 Å². The minimum atomic E-state index is -0.0839. The van der Waals surface area contributed by atoms with Gasteiger partial charge in [0.2, 0.25) is 5.91 Å². The number of hydrogen-bond donors (Lipinski definition) is 2. The van der Waals surface area contributed by atoms with E-state index in [0.29, 0.717) is 0 Å². The maximum Gasteiger partial charge on any atom is 0.227 e. The van der Waals surface area contributed by atoms with Crippen LogP contribution in [0, 0.1) is 0 Å². The molecule has 0 aromatic heterocycles. The average Bonchev–Trinajstić information content (AvgIpc) is 2.04. The van der Waals surface area contributed by atoms with E-state index in [1.54, 1.807) is 0 Å². The van der Waals surface area contributed by atoms with Gasteiger partial charge >= 0.3 is 0 Å². The molecule has 1 fully saturated rings. The Morgan fingerprint density at radius 1 is 1.54 bits per heavy atom. The van der Waals surface area contributed by atoms with Crippen LogP contribution in [0.15, 0.2) is 0 Å². The number of thiocarbonyl (C=S) groups is 1. The van der Waals surface area contributed by atoms with Crippen LogP contribution >= 0.6 is 12.2 Å². The number of hydrogen-bond acceptors (Lipinski definition) is 3. The lowest BCUT2D eigenvalue weighted by atomic mass is 10.1. The maximum atomic E-state index is 11.2. The topological polar surface area (TPSA) is 64.4 Å². The van der Waals surface area contributed by atoms with Crippen molar-refractivity contribution in [3.05, 3.63) is 0 Å². The second-order valence-corrected chi connectivity index (χ2v) is 3.62. The molecule has 0 aromatic carbocycles. The van der Waals surface area contributed by atoms with Crippen LogP contribution < -0.4 is 11.1 Å². The first-order valence-electron chi connectivity index (χ1n) is 4.34. The van der Waals surface area contributed by atoms with Crippen molar-refractivity contribution in [3.8, 4) is 0 Å². The van der Waals surface area contributed by atoms with Gasteiger partial charge in [0.25, 0.3) is 0 Å². The zero-order valence-electron chi connectivity index (χ0n) is 7.41. The summed E-state index contributed by atoms with van der Waals surface area (Å²) in [6.07, 6.45) is 1.90. The molecule has 5 heteroatoms. The van der Waals surface area contributed by atoms with E-state index in [9.17, 15) is 4.79 Å². The van der Waals surface area contributed by atoms with Gasteiger partial charge in [0.15, 0.2) is 0 Å². The van der Waals surface area contributed by atoms with Crippen LogP contribution in [-0.4, -0.2) is 30.2 Å². The summed E-state index contributed by atoms with van der Waals surface area (Å²) in [6, 6.07) is 0.232. The van der Waals surface area contributed by atoms with E-state index < -0.39 is 0 Å². The van der Waals surface area contributed by atoms with E-state index in [2.05, 4.69) is 17.5 Å². The third kappa shape index (κ3) is 4.19. The van der Waals surface area contributed by atoms with Crippen LogP contribution in [-0.2, 0) is 9.53 Å². The van der Waals surface area contributed by atoms with E-state index >= 15 is 0 Å². The van der Waals surface area contributed by atoms with Crippen LogP contribution in [0.1, 0.15) is 19.3 Å². The minimum Gasteiger partial charge on any atom is -0.393 e. The molecule has 0 radical (unpaired) electrons. The highest BCUT2D eigenvalue weighted by Gasteiger charge is 2.15. The Morgan fingerprint density at radius 2 is 2.15 bits per heavy atom. The third-order valence-corrected chi connectivity index (χ3v) is 2.07. The van der Waals surface area contributed by atoms with E-state index in [1.165, 1.54) is 0 Å². The Labute approximate surface area is 82.8 Å². The van der Waals surface area contributed by atoms with Gasteiger partial charge in [-0.05, 0) is 12.8 Å². The van der Waals surface area contributed by atoms with Gasteiger partial charge in [-0.1, -0.05) is 12.2 Å². The Kier molecular flexibility index (Phi) is 4.11. The monoisotopic (exact) mass is 202 g/mol. The number of rotatable bonds is 3. The van der Waals surface area contributed by atoms with Crippen LogP contribution in [0.3, 0.4) is 0 Å². The Bertz CT molecular complexity index is 202. The molecule has 1 amide bonds. The van der Waals surface area contributed by atoms with Gasteiger partial charge in [-0.15, -0.1) is 0 Å². The fraction of sp³-hybridized carbons (Fsp3) is 0.750. The van der Waals surface area contributed by atoms with E-state index in [-0.39, 0.29) is 23.4 Å². The first kappa shape index (κ1) is 10.4. The number of nitrogens with two attached hydrogens (primary N) is 1. The zero-order chi connectivity index (χ0) is 9.68. The zero-order valence-corrected chi connectivity index (χ0v) is 8.23. The van der Waals surface area contributed by atoms with Crippen LogP contribution in [0.4, 0.5) is 0 Å². The predicted octanol–water partition coefficient (Wildman–Crippen LogP) is -0.0422. The van der Waals surface area contributed by atoms with Gasteiger partial charge < -0.3 is 15.8 Å². The molecule has 1 aliphatic rings. The van der Waals surface area contributed by atoms with Crippen molar-refractivity contribution in [1.29, 1.82) is 0 Å². The summed E-state index contributed by atoms with van der Waals surface area (Å²) in [4.78, 5) is 11.4. The molecule has 0 saturated carbocycles. The second kappa shape index (κ2) is 5.14. The number of carbonyl (C=O) groups excluding carboxylic acids is 1. The maximum absolute atomic E-state index is 11.2. The number of ether oxygens (including phenoxy) is 1. The van der Waals surface area contributed by atoms with E-state index in [1.807, 2.05) is 0 Å². The highest BCUT2D eigenvalue weighted by Crippen LogP contribution is 2.05. The van der Waals surface area contributed by atoms with Gasteiger partial charge in [-0.3, -0.25) is 4.79 Å². The molecule has 13 heavy (non-hydrogen) atoms. The summed E-state index contributed by atoms with van der Waals surface area (Å²) in [7, 11) is 0. The average molecular weight is 202 g/mol. The van der Waals surface area contributed by atoms with E-state index in [4.69, 9.17) is 10.5 Å². The van der Waals surface area contributed by atoms with Gasteiger partial charge in [0.05, 0.1) is 11.4 Å². The van der Waals surface area contributed by atoms with Gasteiger partial charge in [0.1, 0.15) is 0 Å². The fourth-order valence-corrected chi connectivity index (χ4v) is 1.41. The van der Waals surface area contributed by atoms with Crippen LogP contribution in [0.2, 0.25) is 0 Å². The normalized spacial score (nSPS) is 18.2. The SMILES string of the molecule is NC(=S)CC(=O)NC1CCOCC1. The summed E-state index contributed by atoms with van der Waals surface area (Å²) in [5, 5.41) is 2.86. The quantitative estimate of drug-likeness (QED) is 0.630. The van der Waals surface area contributed by atoms with Crippen molar-refractivity contribution in [2.24, 2.45) is 5.73 Å². The van der Waals surface area contributed by atoms with Crippen molar-refractivity contribution in [1.82, 2.24) is 5.32 Å². The number of carbonyl (C=O) groups is 1. The molecule has 0 unspecified atom stereocenters. The molecule has 0 atom stereocenters. The summed E-state index contributed by atoms with van der Waals surface area (Å²) in [5.41, 5.74) is 5.24. The van der Waals surface area contributed by atoms with Crippen molar-refractivity contribution >= 4 is 23.1 Å². The largest absolute Gasteiger partial charge is 0.393 e. The van der Waals surface area contributed by atoms with Gasteiger partial charge in [0, 0.05) is 19.3 Å². The molecule has 0 aliphatic carbocycles. The molecule has 0 spiro atoms. The summed E-state index contributed by atoms with van der Waals surface area (Å²) in [6.45, 7) is 1.44. The Morgan fingerprint density at radius 3 is 2.69 bits per heavy atom. The highest BCUT2D eigenvalue weighted by molar-refractivity contribution is 7.80. The smallest absolute Gasteiger partial charge is 0.227 e. The molecule has 1 heterocycles. The first-order valence-corrected chi connectivity index (χ1v) is 4.74. The first-order chi connectivity index (χ1) is 6.18. The molecular weight excluding hydrogens is 188 g/mol. The minimum absolute atomic E-state index is 0.0839. The predicted molar refractivity (Wildman–Crippen MR) is 53.4 cm³/mol. The third-order valence-electron chi connectivity index (χ3n) is 1.92. The lowest BCUT2D eigenvalue weighted by molar-refractivity contribution is -0.121. The molecular formula is C8H14N2O2S. The second-order valence-electron chi connectivity index (χ2n) is 3.10. The standard InChI is InChI=1S/C8H14N2O2S/c9-7(13)5-8(11)10-6-1-3-12-4-2-6/h6H,1-5H2,(H2,9,13)(H,10,11). The van der Waals surface area contributed by atoms with Crippen LogP contribution in [0.5, 0.6) is 0 Å². The summed E-state index contributed by atoms with van der Waals surface area (Å²) >= 11 is 4.63. The molecule has 0 bridgehead atoms. The molecule has 3 N–H and O–H groups in total. The molecule has 4 nitrogen and oxygen atoms in total. The number of nitrogens with one attached hydrogen (secondary N) is 1. The molecule has 1 saturated heterocycles. The highest BCUT2D eigenvalue weighted by atomic mass is 32.1. The summed E-state index contributed by atoms with van der Waals surface area (Å²) in [5.74, 6) is -0.0839. The Balaban J connectivity index is 2.22. The van der Waals surface area contributed by atoms with Crippen molar-refractivity contribution in [2.75, 3.05) is 13.2 Å². The molecule has 1 rings (SSSR count). The van der Waals surface area contributed by atoms with E-state index in [0.717, 1.165) is 26.1 Å². The van der Waals surface area contributed by atoms with Crippen molar-refractivity contribution in [2.45, 2.75) is 25.3 Å². The lowest BCUT2D eigenvalue weighted by Crippen LogP contribution is -2.40.